The first-order valence-electron chi connectivity index (χ1n) is 8.85. The lowest BCUT2D eigenvalue weighted by molar-refractivity contribution is -0.139. The summed E-state index contributed by atoms with van der Waals surface area (Å²) in [4.78, 5) is 12.6. The number of carbonyl (C=O) groups excluding carboxylic acids is 1. The van der Waals surface area contributed by atoms with Crippen LogP contribution in [0.5, 0.6) is 11.5 Å². The van der Waals surface area contributed by atoms with Crippen LogP contribution >= 0.6 is 11.6 Å². The first-order valence-corrected chi connectivity index (χ1v) is 9.22. The van der Waals surface area contributed by atoms with Crippen LogP contribution in [0.1, 0.15) is 38.7 Å². The molecule has 1 aliphatic rings. The molecule has 0 aromatic heterocycles. The summed E-state index contributed by atoms with van der Waals surface area (Å²) in [6.45, 7) is 5.93. The number of ether oxygens (including phenoxy) is 4. The molecule has 0 radical (unpaired) electrons. The predicted octanol–water partition coefficient (Wildman–Crippen LogP) is 3.78. The van der Waals surface area contributed by atoms with Crippen molar-refractivity contribution in [1.82, 2.24) is 0 Å². The number of methoxy groups -OCH3 is 1. The Morgan fingerprint density at radius 1 is 1.36 bits per heavy atom. The number of allylic oxidation sites excluding steroid dienone is 2. The highest BCUT2D eigenvalue weighted by Crippen LogP contribution is 2.45. The predicted molar refractivity (Wildman–Crippen MR) is 104 cm³/mol. The third-order valence-electron chi connectivity index (χ3n) is 4.16. The molecular formula is C20H23ClN2O5. The Balaban J connectivity index is 2.67. The Kier molecular flexibility index (Phi) is 7.18. The fourth-order valence-electron chi connectivity index (χ4n) is 2.92. The number of carbonyl (C=O) groups is 1. The Bertz CT molecular complexity index is 870. The summed E-state index contributed by atoms with van der Waals surface area (Å²) >= 11 is 6.51. The lowest BCUT2D eigenvalue weighted by Gasteiger charge is -2.28. The molecule has 0 fully saturated rings. The number of nitrogens with two attached hydrogens (primary N) is 1. The van der Waals surface area contributed by atoms with Gasteiger partial charge in [-0.15, -0.1) is 0 Å². The summed E-state index contributed by atoms with van der Waals surface area (Å²) in [5.74, 6) is -0.387. The monoisotopic (exact) mass is 406 g/mol. The summed E-state index contributed by atoms with van der Waals surface area (Å²) < 4.78 is 21.7. The van der Waals surface area contributed by atoms with E-state index in [1.165, 1.54) is 7.11 Å². The number of hydrogen-bond acceptors (Lipinski definition) is 7. The van der Waals surface area contributed by atoms with Gasteiger partial charge in [0.05, 0.1) is 31.8 Å². The second kappa shape index (κ2) is 9.38. The van der Waals surface area contributed by atoms with Crippen molar-refractivity contribution < 1.29 is 23.7 Å². The summed E-state index contributed by atoms with van der Waals surface area (Å²) in [6, 6.07) is 5.26. The molecule has 0 spiro atoms. The van der Waals surface area contributed by atoms with Gasteiger partial charge in [-0.1, -0.05) is 18.5 Å². The van der Waals surface area contributed by atoms with Gasteiger partial charge < -0.3 is 24.7 Å². The van der Waals surface area contributed by atoms with Gasteiger partial charge in [0.25, 0.3) is 0 Å². The van der Waals surface area contributed by atoms with Crippen molar-refractivity contribution in [3.8, 4) is 17.6 Å². The maximum atomic E-state index is 12.6. The van der Waals surface area contributed by atoms with Crippen LogP contribution in [0.25, 0.3) is 0 Å². The van der Waals surface area contributed by atoms with Crippen molar-refractivity contribution >= 4 is 17.6 Å². The molecule has 1 heterocycles. The van der Waals surface area contributed by atoms with Crippen LogP contribution in [0.15, 0.2) is 34.9 Å². The zero-order valence-corrected chi connectivity index (χ0v) is 17.1. The summed E-state index contributed by atoms with van der Waals surface area (Å²) in [6.07, 6.45) is 0.815. The molecule has 0 aliphatic carbocycles. The highest BCUT2D eigenvalue weighted by molar-refractivity contribution is 6.31. The molecule has 1 atom stereocenters. The van der Waals surface area contributed by atoms with E-state index < -0.39 is 11.9 Å². The molecule has 2 N–H and O–H groups in total. The normalized spacial score (nSPS) is 16.4. The summed E-state index contributed by atoms with van der Waals surface area (Å²) in [5.41, 5.74) is 6.61. The van der Waals surface area contributed by atoms with Gasteiger partial charge in [0, 0.05) is 11.1 Å². The number of nitriles is 1. The summed E-state index contributed by atoms with van der Waals surface area (Å²) in [5, 5.41) is 9.96. The lowest BCUT2D eigenvalue weighted by Crippen LogP contribution is -2.25. The minimum absolute atomic E-state index is 0.0693. The minimum Gasteiger partial charge on any atom is -0.493 e. The van der Waals surface area contributed by atoms with E-state index in [0.29, 0.717) is 28.7 Å². The van der Waals surface area contributed by atoms with Gasteiger partial charge in [0.15, 0.2) is 11.5 Å². The topological polar surface area (TPSA) is 104 Å². The van der Waals surface area contributed by atoms with Gasteiger partial charge in [0.1, 0.15) is 17.4 Å². The van der Waals surface area contributed by atoms with Crippen LogP contribution in [0.2, 0.25) is 5.02 Å². The van der Waals surface area contributed by atoms with Gasteiger partial charge in [-0.25, -0.2) is 4.79 Å². The van der Waals surface area contributed by atoms with Crippen LogP contribution in [-0.4, -0.2) is 26.3 Å². The Morgan fingerprint density at radius 2 is 2.07 bits per heavy atom. The Labute approximate surface area is 169 Å². The standard InChI is InChI=1S/C20H23ClN2O5/c1-5-7-27-16-9-14(21)12(8-15(16)25-4)18-13(10-22)19(23)28-11(3)17(18)20(24)26-6-2/h8-9,18H,5-7,23H2,1-4H3. The summed E-state index contributed by atoms with van der Waals surface area (Å²) in [7, 11) is 1.50. The van der Waals surface area contributed by atoms with Crippen molar-refractivity contribution in [3.63, 3.8) is 0 Å². The third-order valence-corrected chi connectivity index (χ3v) is 4.48. The Morgan fingerprint density at radius 3 is 2.64 bits per heavy atom. The smallest absolute Gasteiger partial charge is 0.338 e. The molecule has 28 heavy (non-hydrogen) atoms. The Hall–Kier alpha value is -2.85. The molecule has 0 saturated carbocycles. The zero-order valence-electron chi connectivity index (χ0n) is 16.3. The van der Waals surface area contributed by atoms with Crippen molar-refractivity contribution in [3.05, 3.63) is 45.5 Å². The first-order chi connectivity index (χ1) is 13.4. The van der Waals surface area contributed by atoms with E-state index in [1.807, 2.05) is 13.0 Å². The average Bonchev–Trinajstić information content (AvgIpc) is 2.66. The molecule has 7 nitrogen and oxygen atoms in total. The second-order valence-corrected chi connectivity index (χ2v) is 6.40. The highest BCUT2D eigenvalue weighted by Gasteiger charge is 2.38. The molecule has 1 aromatic rings. The molecule has 1 aromatic carbocycles. The largest absolute Gasteiger partial charge is 0.493 e. The maximum absolute atomic E-state index is 12.6. The molecule has 1 unspecified atom stereocenters. The SMILES string of the molecule is CCCOc1cc(Cl)c(C2C(C#N)=C(N)OC(C)=C2C(=O)OCC)cc1OC. The molecule has 0 amide bonds. The van der Waals surface area contributed by atoms with Crippen LogP contribution in [-0.2, 0) is 14.3 Å². The molecule has 2 rings (SSSR count). The number of nitrogens with zero attached hydrogens (tertiary/aromatic N) is 1. The van der Waals surface area contributed by atoms with E-state index in [2.05, 4.69) is 0 Å². The van der Waals surface area contributed by atoms with E-state index in [1.54, 1.807) is 26.0 Å². The van der Waals surface area contributed by atoms with E-state index in [0.717, 1.165) is 6.42 Å². The number of benzene rings is 1. The molecule has 8 heteroatoms. The molecule has 150 valence electrons. The van der Waals surface area contributed by atoms with Crippen molar-refractivity contribution in [1.29, 1.82) is 5.26 Å². The van der Waals surface area contributed by atoms with E-state index in [9.17, 15) is 10.1 Å². The second-order valence-electron chi connectivity index (χ2n) is 5.99. The van der Waals surface area contributed by atoms with E-state index >= 15 is 0 Å². The van der Waals surface area contributed by atoms with Crippen LogP contribution in [0, 0.1) is 11.3 Å². The number of hydrogen-bond donors (Lipinski definition) is 1. The number of halogens is 1. The van der Waals surface area contributed by atoms with Crippen LogP contribution < -0.4 is 15.2 Å². The van der Waals surface area contributed by atoms with Crippen LogP contribution in [0.3, 0.4) is 0 Å². The van der Waals surface area contributed by atoms with Crippen molar-refractivity contribution in [2.24, 2.45) is 5.73 Å². The molecule has 0 saturated heterocycles. The lowest BCUT2D eigenvalue weighted by atomic mass is 9.83. The fraction of sp³-hybridized carbons (Fsp3) is 0.400. The molecule has 1 aliphatic heterocycles. The van der Waals surface area contributed by atoms with Gasteiger partial charge in [-0.05, 0) is 31.9 Å². The van der Waals surface area contributed by atoms with Gasteiger partial charge in [-0.3, -0.25) is 0 Å². The minimum atomic E-state index is -0.848. The molecule has 0 bridgehead atoms. The maximum Gasteiger partial charge on any atom is 0.338 e. The zero-order chi connectivity index (χ0) is 20.8. The van der Waals surface area contributed by atoms with E-state index in [4.69, 9.17) is 36.3 Å². The molecular weight excluding hydrogens is 384 g/mol. The first kappa shape index (κ1) is 21.5. The quantitative estimate of drug-likeness (QED) is 0.687. The van der Waals surface area contributed by atoms with Gasteiger partial charge in [0.2, 0.25) is 5.88 Å². The fourth-order valence-corrected chi connectivity index (χ4v) is 3.19. The average molecular weight is 407 g/mol. The van der Waals surface area contributed by atoms with Crippen molar-refractivity contribution in [2.45, 2.75) is 33.1 Å². The van der Waals surface area contributed by atoms with Crippen molar-refractivity contribution in [2.75, 3.05) is 20.3 Å². The van der Waals surface area contributed by atoms with Gasteiger partial charge in [-0.2, -0.15) is 5.26 Å². The van der Waals surface area contributed by atoms with Gasteiger partial charge >= 0.3 is 5.97 Å². The van der Waals surface area contributed by atoms with E-state index in [-0.39, 0.29) is 29.4 Å². The highest BCUT2D eigenvalue weighted by atomic mass is 35.5. The number of esters is 1. The van der Waals surface area contributed by atoms with Crippen LogP contribution in [0.4, 0.5) is 0 Å². The third kappa shape index (κ3) is 4.18. The number of rotatable bonds is 7.